The van der Waals surface area contributed by atoms with Gasteiger partial charge in [-0.05, 0) is 38.2 Å². The van der Waals surface area contributed by atoms with Crippen LogP contribution in [0.25, 0.3) is 0 Å². The summed E-state index contributed by atoms with van der Waals surface area (Å²) in [5, 5.41) is 10.1. The fraction of sp³-hybridized carbons (Fsp3) is 0.571. The second-order valence-corrected chi connectivity index (χ2v) is 4.86. The molecule has 0 saturated heterocycles. The van der Waals surface area contributed by atoms with Gasteiger partial charge in [-0.15, -0.1) is 12.4 Å². The molecule has 1 aliphatic heterocycles. The minimum atomic E-state index is -0.454. The summed E-state index contributed by atoms with van der Waals surface area (Å²) in [4.78, 5) is 2.06. The number of benzene rings is 1. The summed E-state index contributed by atoms with van der Waals surface area (Å²) in [7, 11) is 4.00. The lowest BCUT2D eigenvalue weighted by Crippen LogP contribution is -2.15. The molecule has 2 rings (SSSR count). The van der Waals surface area contributed by atoms with Gasteiger partial charge in [-0.25, -0.2) is 0 Å². The van der Waals surface area contributed by atoms with Gasteiger partial charge >= 0.3 is 0 Å². The molecule has 1 N–H and O–H groups in total. The predicted molar refractivity (Wildman–Crippen MR) is 77.4 cm³/mol. The number of fused-ring (bicyclic) bond motifs is 1. The summed E-state index contributed by atoms with van der Waals surface area (Å²) in [6.07, 6.45) is 1.16. The zero-order valence-electron chi connectivity index (χ0n) is 11.5. The maximum atomic E-state index is 10.1. The van der Waals surface area contributed by atoms with Crippen molar-refractivity contribution in [2.75, 3.05) is 33.9 Å². The highest BCUT2D eigenvalue weighted by atomic mass is 35.5. The molecule has 1 aliphatic rings. The molecule has 0 aliphatic carbocycles. The van der Waals surface area contributed by atoms with Crippen molar-refractivity contribution in [3.63, 3.8) is 0 Å². The van der Waals surface area contributed by atoms with Crippen LogP contribution in [0, 0.1) is 0 Å². The summed E-state index contributed by atoms with van der Waals surface area (Å²) in [5.41, 5.74) is 0.890. The van der Waals surface area contributed by atoms with Gasteiger partial charge in [0.2, 0.25) is 0 Å². The van der Waals surface area contributed by atoms with Crippen molar-refractivity contribution in [3.05, 3.63) is 23.8 Å². The number of halogens is 1. The number of ether oxygens (including phenoxy) is 2. The zero-order chi connectivity index (χ0) is 13.0. The third-order valence-corrected chi connectivity index (χ3v) is 3.01. The van der Waals surface area contributed by atoms with Crippen LogP contribution in [0.3, 0.4) is 0 Å². The van der Waals surface area contributed by atoms with E-state index in [4.69, 9.17) is 9.47 Å². The number of rotatable bonds is 4. The SMILES string of the molecule is CN(C)CCC(O)c1ccc2c(c1)OCCCO2.Cl. The molecule has 0 radical (unpaired) electrons. The van der Waals surface area contributed by atoms with Gasteiger partial charge in [0.1, 0.15) is 0 Å². The molecule has 1 atom stereocenters. The first-order valence-corrected chi connectivity index (χ1v) is 6.39. The van der Waals surface area contributed by atoms with Crippen LogP contribution in [0.1, 0.15) is 24.5 Å². The van der Waals surface area contributed by atoms with E-state index in [1.807, 2.05) is 32.3 Å². The Labute approximate surface area is 120 Å². The van der Waals surface area contributed by atoms with Crippen LogP contribution in [-0.4, -0.2) is 43.9 Å². The first-order chi connectivity index (χ1) is 8.66. The Morgan fingerprint density at radius 2 is 1.89 bits per heavy atom. The van der Waals surface area contributed by atoms with Crippen LogP contribution in [0.15, 0.2) is 18.2 Å². The van der Waals surface area contributed by atoms with E-state index in [1.54, 1.807) is 0 Å². The molecular formula is C14H22ClNO3. The van der Waals surface area contributed by atoms with Crippen molar-refractivity contribution in [3.8, 4) is 11.5 Å². The summed E-state index contributed by atoms with van der Waals surface area (Å²) < 4.78 is 11.2. The molecule has 1 aromatic carbocycles. The van der Waals surface area contributed by atoms with Crippen molar-refractivity contribution in [1.29, 1.82) is 0 Å². The monoisotopic (exact) mass is 287 g/mol. The normalized spacial score (nSPS) is 15.6. The lowest BCUT2D eigenvalue weighted by Gasteiger charge is -2.16. The van der Waals surface area contributed by atoms with Crippen molar-refractivity contribution in [2.24, 2.45) is 0 Å². The molecule has 0 saturated carbocycles. The summed E-state index contributed by atoms with van der Waals surface area (Å²) in [5.74, 6) is 1.52. The minimum absolute atomic E-state index is 0. The predicted octanol–water partition coefficient (Wildman–Crippen LogP) is 2.25. The van der Waals surface area contributed by atoms with Crippen LogP contribution in [0.4, 0.5) is 0 Å². The largest absolute Gasteiger partial charge is 0.490 e. The van der Waals surface area contributed by atoms with E-state index < -0.39 is 6.10 Å². The van der Waals surface area contributed by atoms with Crippen LogP contribution in [0.2, 0.25) is 0 Å². The Bertz CT molecular complexity index is 398. The summed E-state index contributed by atoms with van der Waals surface area (Å²) >= 11 is 0. The van der Waals surface area contributed by atoms with E-state index in [2.05, 4.69) is 4.90 Å². The van der Waals surface area contributed by atoms with Gasteiger partial charge in [-0.2, -0.15) is 0 Å². The highest BCUT2D eigenvalue weighted by Crippen LogP contribution is 2.32. The molecule has 0 amide bonds. The fourth-order valence-corrected chi connectivity index (χ4v) is 1.93. The number of aliphatic hydroxyl groups excluding tert-OH is 1. The molecule has 0 spiro atoms. The fourth-order valence-electron chi connectivity index (χ4n) is 1.93. The van der Waals surface area contributed by atoms with Gasteiger partial charge < -0.3 is 19.5 Å². The van der Waals surface area contributed by atoms with E-state index in [0.29, 0.717) is 19.6 Å². The average molecular weight is 288 g/mol. The van der Waals surface area contributed by atoms with Crippen molar-refractivity contribution in [1.82, 2.24) is 4.90 Å². The van der Waals surface area contributed by atoms with Crippen molar-refractivity contribution in [2.45, 2.75) is 18.9 Å². The Morgan fingerprint density at radius 3 is 2.58 bits per heavy atom. The van der Waals surface area contributed by atoms with Gasteiger partial charge in [0.15, 0.2) is 11.5 Å². The van der Waals surface area contributed by atoms with Crippen molar-refractivity contribution < 1.29 is 14.6 Å². The third kappa shape index (κ3) is 4.56. The highest BCUT2D eigenvalue weighted by molar-refractivity contribution is 5.85. The lowest BCUT2D eigenvalue weighted by atomic mass is 10.1. The van der Waals surface area contributed by atoms with Gasteiger partial charge in [0.05, 0.1) is 19.3 Å². The maximum absolute atomic E-state index is 10.1. The molecule has 0 fully saturated rings. The van der Waals surface area contributed by atoms with Gasteiger partial charge in [-0.3, -0.25) is 0 Å². The van der Waals surface area contributed by atoms with Gasteiger partial charge in [0, 0.05) is 13.0 Å². The standard InChI is InChI=1S/C14H21NO3.ClH/c1-15(2)7-6-12(16)11-4-5-13-14(10-11)18-9-3-8-17-13;/h4-5,10,12,16H,3,6-9H2,1-2H3;1H. The average Bonchev–Trinajstić information content (AvgIpc) is 2.60. The Balaban J connectivity index is 0.00000180. The Morgan fingerprint density at radius 1 is 1.21 bits per heavy atom. The molecule has 1 aromatic rings. The molecule has 1 unspecified atom stereocenters. The van der Waals surface area contributed by atoms with Crippen LogP contribution < -0.4 is 9.47 Å². The molecule has 1 heterocycles. The molecule has 0 bridgehead atoms. The third-order valence-electron chi connectivity index (χ3n) is 3.01. The van der Waals surface area contributed by atoms with Crippen LogP contribution in [0.5, 0.6) is 11.5 Å². The first kappa shape index (κ1) is 16.1. The van der Waals surface area contributed by atoms with E-state index in [9.17, 15) is 5.11 Å². The van der Waals surface area contributed by atoms with E-state index >= 15 is 0 Å². The quantitative estimate of drug-likeness (QED) is 0.922. The number of nitrogens with zero attached hydrogens (tertiary/aromatic N) is 1. The Hall–Kier alpha value is -0.970. The van der Waals surface area contributed by atoms with Gasteiger partial charge in [-0.1, -0.05) is 6.07 Å². The van der Waals surface area contributed by atoms with Crippen LogP contribution in [-0.2, 0) is 0 Å². The molecule has 5 heteroatoms. The Kier molecular flexibility index (Phi) is 6.42. The maximum Gasteiger partial charge on any atom is 0.161 e. The molecule has 108 valence electrons. The second kappa shape index (κ2) is 7.58. The second-order valence-electron chi connectivity index (χ2n) is 4.86. The zero-order valence-corrected chi connectivity index (χ0v) is 12.3. The summed E-state index contributed by atoms with van der Waals surface area (Å²) in [6, 6.07) is 5.68. The molecule has 4 nitrogen and oxygen atoms in total. The number of aliphatic hydroxyl groups is 1. The molecule has 19 heavy (non-hydrogen) atoms. The number of hydrogen-bond acceptors (Lipinski definition) is 4. The highest BCUT2D eigenvalue weighted by Gasteiger charge is 2.14. The van der Waals surface area contributed by atoms with Crippen LogP contribution >= 0.6 is 12.4 Å². The van der Waals surface area contributed by atoms with Gasteiger partial charge in [0.25, 0.3) is 0 Å². The van der Waals surface area contributed by atoms with E-state index in [0.717, 1.165) is 30.0 Å². The number of hydrogen-bond donors (Lipinski definition) is 1. The molecule has 0 aromatic heterocycles. The molecular weight excluding hydrogens is 266 g/mol. The minimum Gasteiger partial charge on any atom is -0.490 e. The topological polar surface area (TPSA) is 41.9 Å². The first-order valence-electron chi connectivity index (χ1n) is 6.39. The van der Waals surface area contributed by atoms with E-state index in [-0.39, 0.29) is 12.4 Å². The summed E-state index contributed by atoms with van der Waals surface area (Å²) in [6.45, 7) is 2.22. The van der Waals surface area contributed by atoms with E-state index in [1.165, 1.54) is 0 Å². The smallest absolute Gasteiger partial charge is 0.161 e. The lowest BCUT2D eigenvalue weighted by molar-refractivity contribution is 0.154. The van der Waals surface area contributed by atoms with Crippen molar-refractivity contribution >= 4 is 12.4 Å².